The van der Waals surface area contributed by atoms with Gasteiger partial charge in [-0.25, -0.2) is 0 Å². The van der Waals surface area contributed by atoms with Crippen molar-refractivity contribution in [3.05, 3.63) is 0 Å². The van der Waals surface area contributed by atoms with E-state index in [9.17, 15) is 33.6 Å². The Hall–Kier alpha value is -0.860. The van der Waals surface area contributed by atoms with E-state index in [0.717, 1.165) is 19.3 Å². The summed E-state index contributed by atoms with van der Waals surface area (Å²) in [4.78, 5) is 12.1. The Bertz CT molecular complexity index is 703. The van der Waals surface area contributed by atoms with Crippen LogP contribution in [-0.2, 0) is 29.1 Å². The maximum atomic E-state index is 12.1. The molecule has 37 heavy (non-hydrogen) atoms. The van der Waals surface area contributed by atoms with Crippen LogP contribution in [0.4, 0.5) is 0 Å². The minimum Gasteiger partial charge on any atom is -0.457 e. The SMILES string of the molecule is CCCCCCCCCCCCCCCC(=O)O[C@H](CO)CO[C@@H]1O[C@H](CS(=O)(=O)O)[C@@H](O)[C@H](O)[C@H]1O. The average Bonchev–Trinajstić information content (AvgIpc) is 2.84. The zero-order chi connectivity index (χ0) is 27.7. The van der Waals surface area contributed by atoms with Crippen molar-refractivity contribution in [2.24, 2.45) is 0 Å². The van der Waals surface area contributed by atoms with Crippen molar-refractivity contribution in [1.82, 2.24) is 0 Å². The molecular formula is C25H48O11S. The first-order chi connectivity index (χ1) is 17.6. The molecule has 0 unspecified atom stereocenters. The number of esters is 1. The summed E-state index contributed by atoms with van der Waals surface area (Å²) in [5.74, 6) is -1.52. The molecular weight excluding hydrogens is 508 g/mol. The van der Waals surface area contributed by atoms with E-state index in [1.165, 1.54) is 57.8 Å². The van der Waals surface area contributed by atoms with Crippen molar-refractivity contribution in [2.75, 3.05) is 19.0 Å². The predicted octanol–water partition coefficient (Wildman–Crippen LogP) is 2.08. The second kappa shape index (κ2) is 19.2. The van der Waals surface area contributed by atoms with Crippen LogP contribution in [0.15, 0.2) is 0 Å². The van der Waals surface area contributed by atoms with Gasteiger partial charge in [0.25, 0.3) is 10.1 Å². The van der Waals surface area contributed by atoms with E-state index >= 15 is 0 Å². The molecule has 0 aromatic carbocycles. The molecule has 1 aliphatic heterocycles. The number of aliphatic hydroxyl groups is 4. The molecule has 12 heteroatoms. The number of hydrogen-bond acceptors (Lipinski definition) is 10. The molecule has 0 aliphatic carbocycles. The van der Waals surface area contributed by atoms with Crippen LogP contribution in [0.5, 0.6) is 0 Å². The molecule has 0 radical (unpaired) electrons. The van der Waals surface area contributed by atoms with E-state index in [1.807, 2.05) is 0 Å². The molecule has 6 atom stereocenters. The molecule has 1 fully saturated rings. The fourth-order valence-electron chi connectivity index (χ4n) is 4.26. The van der Waals surface area contributed by atoms with Gasteiger partial charge in [0.2, 0.25) is 0 Å². The second-order valence-electron chi connectivity index (χ2n) is 9.88. The van der Waals surface area contributed by atoms with E-state index in [0.29, 0.717) is 6.42 Å². The Morgan fingerprint density at radius 2 is 1.35 bits per heavy atom. The number of carbonyl (C=O) groups excluding carboxylic acids is 1. The van der Waals surface area contributed by atoms with Gasteiger partial charge in [-0.15, -0.1) is 0 Å². The second-order valence-corrected chi connectivity index (χ2v) is 11.4. The maximum absolute atomic E-state index is 12.1. The Labute approximate surface area is 221 Å². The smallest absolute Gasteiger partial charge is 0.306 e. The molecule has 1 rings (SSSR count). The molecule has 220 valence electrons. The summed E-state index contributed by atoms with van der Waals surface area (Å²) in [7, 11) is -4.54. The quantitative estimate of drug-likeness (QED) is 0.0793. The van der Waals surface area contributed by atoms with E-state index in [1.54, 1.807) is 0 Å². The van der Waals surface area contributed by atoms with Crippen molar-refractivity contribution in [3.8, 4) is 0 Å². The molecule has 0 spiro atoms. The van der Waals surface area contributed by atoms with Crippen LogP contribution in [0.25, 0.3) is 0 Å². The van der Waals surface area contributed by atoms with Gasteiger partial charge >= 0.3 is 5.97 Å². The third-order valence-corrected chi connectivity index (χ3v) is 7.23. The topological polar surface area (TPSA) is 180 Å². The monoisotopic (exact) mass is 556 g/mol. The van der Waals surface area contributed by atoms with Gasteiger partial charge in [0.05, 0.1) is 13.2 Å². The van der Waals surface area contributed by atoms with Crippen LogP contribution in [0.1, 0.15) is 96.8 Å². The normalized spacial score (nSPS) is 25.2. The van der Waals surface area contributed by atoms with Gasteiger partial charge in [0.1, 0.15) is 36.3 Å². The first kappa shape index (κ1) is 34.2. The van der Waals surface area contributed by atoms with Crippen LogP contribution in [0.3, 0.4) is 0 Å². The summed E-state index contributed by atoms with van der Waals surface area (Å²) in [6.07, 6.45) is 6.15. The molecule has 0 saturated carbocycles. The standard InChI is InChI=1S/C25H48O11S/c1-2-3-4-5-6-7-8-9-10-11-12-13-14-15-21(27)35-19(16-26)17-34-25-24(30)23(29)22(28)20(36-25)18-37(31,32)33/h19-20,22-26,28-30H,2-18H2,1H3,(H,31,32,33)/t19-,20-,22-,23+,24-,25-/m1/s1. The fraction of sp³-hybridized carbons (Fsp3) is 0.960. The average molecular weight is 557 g/mol. The highest BCUT2D eigenvalue weighted by Gasteiger charge is 2.45. The molecule has 0 amide bonds. The summed E-state index contributed by atoms with van der Waals surface area (Å²) in [5.41, 5.74) is 0. The highest BCUT2D eigenvalue weighted by molar-refractivity contribution is 7.85. The molecule has 0 aromatic heterocycles. The van der Waals surface area contributed by atoms with Crippen molar-refractivity contribution < 1.29 is 52.4 Å². The summed E-state index contributed by atoms with van der Waals surface area (Å²) in [5, 5.41) is 39.3. The Balaban J connectivity index is 2.20. The number of unbranched alkanes of at least 4 members (excludes halogenated alkanes) is 12. The molecule has 0 aromatic rings. The largest absolute Gasteiger partial charge is 0.457 e. The number of ether oxygens (including phenoxy) is 3. The lowest BCUT2D eigenvalue weighted by Gasteiger charge is -2.40. The molecule has 1 heterocycles. The van der Waals surface area contributed by atoms with Gasteiger partial charge < -0.3 is 34.6 Å². The van der Waals surface area contributed by atoms with Gasteiger partial charge in [-0.3, -0.25) is 9.35 Å². The summed E-state index contributed by atoms with van der Waals surface area (Å²) < 4.78 is 46.8. The third-order valence-electron chi connectivity index (χ3n) is 6.48. The lowest BCUT2D eigenvalue weighted by Crippen LogP contribution is -2.60. The zero-order valence-electron chi connectivity index (χ0n) is 22.1. The number of carbonyl (C=O) groups is 1. The van der Waals surface area contributed by atoms with Crippen molar-refractivity contribution in [1.29, 1.82) is 0 Å². The van der Waals surface area contributed by atoms with Crippen LogP contribution in [-0.4, -0.2) is 95.1 Å². The maximum Gasteiger partial charge on any atom is 0.306 e. The van der Waals surface area contributed by atoms with E-state index in [2.05, 4.69) is 6.92 Å². The molecule has 1 aliphatic rings. The fourth-order valence-corrected chi connectivity index (χ4v) is 4.95. The molecule has 1 saturated heterocycles. The van der Waals surface area contributed by atoms with E-state index < -0.39 is 71.9 Å². The summed E-state index contributed by atoms with van der Waals surface area (Å²) in [6, 6.07) is 0. The molecule has 11 nitrogen and oxygen atoms in total. The van der Waals surface area contributed by atoms with Crippen LogP contribution >= 0.6 is 0 Å². The first-order valence-electron chi connectivity index (χ1n) is 13.7. The number of aliphatic hydroxyl groups excluding tert-OH is 4. The highest BCUT2D eigenvalue weighted by atomic mass is 32.2. The lowest BCUT2D eigenvalue weighted by molar-refractivity contribution is -0.297. The zero-order valence-corrected chi connectivity index (χ0v) is 22.9. The van der Waals surface area contributed by atoms with Gasteiger partial charge in [-0.2, -0.15) is 8.42 Å². The van der Waals surface area contributed by atoms with Crippen LogP contribution in [0.2, 0.25) is 0 Å². The highest BCUT2D eigenvalue weighted by Crippen LogP contribution is 2.23. The number of rotatable bonds is 21. The summed E-state index contributed by atoms with van der Waals surface area (Å²) in [6.45, 7) is 1.26. The van der Waals surface area contributed by atoms with Crippen LogP contribution in [0, 0.1) is 0 Å². The first-order valence-corrected chi connectivity index (χ1v) is 15.3. The lowest BCUT2D eigenvalue weighted by atomic mass is 10.00. The Morgan fingerprint density at radius 3 is 1.84 bits per heavy atom. The number of hydrogen-bond donors (Lipinski definition) is 5. The summed E-state index contributed by atoms with van der Waals surface area (Å²) >= 11 is 0. The Kier molecular flexibility index (Phi) is 17.8. The predicted molar refractivity (Wildman–Crippen MR) is 136 cm³/mol. The van der Waals surface area contributed by atoms with Gasteiger partial charge in [-0.1, -0.05) is 84.0 Å². The van der Waals surface area contributed by atoms with E-state index in [-0.39, 0.29) is 6.42 Å². The molecule has 5 N–H and O–H groups in total. The van der Waals surface area contributed by atoms with E-state index in [4.69, 9.17) is 18.8 Å². The van der Waals surface area contributed by atoms with Crippen molar-refractivity contribution in [3.63, 3.8) is 0 Å². The minimum absolute atomic E-state index is 0.193. The van der Waals surface area contributed by atoms with Gasteiger partial charge in [0.15, 0.2) is 6.29 Å². The van der Waals surface area contributed by atoms with Crippen LogP contribution < -0.4 is 0 Å². The van der Waals surface area contributed by atoms with Gasteiger partial charge in [0, 0.05) is 6.42 Å². The Morgan fingerprint density at radius 1 is 0.838 bits per heavy atom. The minimum atomic E-state index is -4.54. The van der Waals surface area contributed by atoms with Gasteiger partial charge in [-0.05, 0) is 6.42 Å². The molecule has 0 bridgehead atoms. The van der Waals surface area contributed by atoms with Crippen molar-refractivity contribution >= 4 is 16.1 Å². The third kappa shape index (κ3) is 15.4. The van der Waals surface area contributed by atoms with Crippen molar-refractivity contribution in [2.45, 2.75) is 134 Å².